The Hall–Kier alpha value is -1.21. The normalized spacial score (nSPS) is 11.8. The van der Waals surface area contributed by atoms with E-state index < -0.39 is 20.2 Å². The van der Waals surface area contributed by atoms with Crippen LogP contribution in [-0.2, 0) is 45.9 Å². The molecule has 0 N–H and O–H groups in total. The fraction of sp³-hybridized carbons (Fsp3) is 0.688. The predicted octanol–water partition coefficient (Wildman–Crippen LogP) is 19.4. The van der Waals surface area contributed by atoms with Crippen LogP contribution in [0.4, 0.5) is 0 Å². The van der Waals surface area contributed by atoms with Gasteiger partial charge in [-0.2, -0.15) is 0 Å². The zero-order chi connectivity index (χ0) is 52.1. The van der Waals surface area contributed by atoms with E-state index in [1.807, 2.05) is 12.1 Å². The Morgan fingerprint density at radius 3 is 0.781 bits per heavy atom. The van der Waals surface area contributed by atoms with Gasteiger partial charge in [0.2, 0.25) is 0 Å². The molecule has 0 spiro atoms. The third-order valence-electron chi connectivity index (χ3n) is 15.0. The molecule has 0 amide bonds. The van der Waals surface area contributed by atoms with E-state index in [9.17, 15) is 25.9 Å². The van der Waals surface area contributed by atoms with Crippen LogP contribution in [0.5, 0.6) is 0 Å². The third-order valence-corrected chi connectivity index (χ3v) is 16.6. The first-order chi connectivity index (χ1) is 34.9. The SMILES string of the molecule is CCCCCCCCCCCc1cc(CCCCCCCCCCC)c2ccc(S(=O)(=O)[O-])cc2c1.CCCCCCCCCCCc1cc(CCCCCCCCCCC)c2ccc(S(=O)(=O)[O-])cc2c1.[Ba+2]. The molecule has 0 aliphatic rings. The molecule has 0 bridgehead atoms. The average Bonchev–Trinajstić information content (AvgIpc) is 3.36. The quantitative estimate of drug-likeness (QED) is 0.0248. The molecule has 6 nitrogen and oxygen atoms in total. The zero-order valence-corrected chi connectivity index (χ0v) is 53.1. The fourth-order valence-corrected chi connectivity index (χ4v) is 11.5. The molecule has 0 heterocycles. The van der Waals surface area contributed by atoms with Gasteiger partial charge < -0.3 is 9.11 Å². The van der Waals surface area contributed by atoms with Crippen LogP contribution in [0.2, 0.25) is 0 Å². The molecule has 0 saturated heterocycles. The molecular formula is C64H102BaO6S2. The first-order valence-electron chi connectivity index (χ1n) is 29.9. The van der Waals surface area contributed by atoms with Crippen molar-refractivity contribution < 1.29 is 25.9 Å². The maximum absolute atomic E-state index is 11.6. The molecule has 4 aromatic carbocycles. The van der Waals surface area contributed by atoms with Crippen LogP contribution in [-0.4, -0.2) is 74.8 Å². The van der Waals surface area contributed by atoms with Gasteiger partial charge in [0.05, 0.1) is 9.79 Å². The number of unbranched alkanes of at least 4 members (excludes halogenated alkanes) is 32. The van der Waals surface area contributed by atoms with Crippen molar-refractivity contribution in [1.29, 1.82) is 0 Å². The van der Waals surface area contributed by atoms with Crippen molar-refractivity contribution in [2.45, 2.75) is 294 Å². The zero-order valence-electron chi connectivity index (χ0n) is 47.0. The van der Waals surface area contributed by atoms with Crippen molar-refractivity contribution in [1.82, 2.24) is 0 Å². The Bertz CT molecular complexity index is 2100. The summed E-state index contributed by atoms with van der Waals surface area (Å²) in [4.78, 5) is -0.242. The summed E-state index contributed by atoms with van der Waals surface area (Å²) in [5.41, 5.74) is 5.15. The van der Waals surface area contributed by atoms with E-state index in [1.54, 1.807) is 12.1 Å². The average molecular weight is 1170 g/mol. The monoisotopic (exact) mass is 1170 g/mol. The number of rotatable bonds is 42. The van der Waals surface area contributed by atoms with E-state index in [1.165, 1.54) is 240 Å². The molecule has 0 saturated carbocycles. The van der Waals surface area contributed by atoms with Crippen LogP contribution in [0.25, 0.3) is 21.5 Å². The molecular weight excluding hydrogens is 1070 g/mol. The van der Waals surface area contributed by atoms with Gasteiger partial charge in [-0.15, -0.1) is 0 Å². The van der Waals surface area contributed by atoms with Crippen LogP contribution < -0.4 is 0 Å². The van der Waals surface area contributed by atoms with Crippen molar-refractivity contribution >= 4 is 90.7 Å². The fourth-order valence-electron chi connectivity index (χ4n) is 10.5. The molecule has 4 rings (SSSR count). The second-order valence-corrected chi connectivity index (χ2v) is 24.3. The number of hydrogen-bond acceptors (Lipinski definition) is 6. The van der Waals surface area contributed by atoms with Gasteiger partial charge >= 0.3 is 48.9 Å². The summed E-state index contributed by atoms with van der Waals surface area (Å²) in [6, 6.07) is 18.7. The van der Waals surface area contributed by atoms with Crippen molar-refractivity contribution in [3.63, 3.8) is 0 Å². The first-order valence-corrected chi connectivity index (χ1v) is 32.8. The summed E-state index contributed by atoms with van der Waals surface area (Å²) < 4.78 is 69.6. The Kier molecular flexibility index (Phi) is 38.9. The van der Waals surface area contributed by atoms with Crippen molar-refractivity contribution in [3.8, 4) is 0 Å². The largest absolute Gasteiger partial charge is 2.00 e. The van der Waals surface area contributed by atoms with E-state index in [0.29, 0.717) is 0 Å². The predicted molar refractivity (Wildman–Crippen MR) is 313 cm³/mol. The second kappa shape index (κ2) is 41.8. The Labute approximate surface area is 489 Å². The van der Waals surface area contributed by atoms with E-state index in [0.717, 1.165) is 72.9 Å². The molecule has 73 heavy (non-hydrogen) atoms. The standard InChI is InChI=1S/2C32H52O3S.Ba/c2*1-3-5-7-9-11-13-15-17-19-21-28-25-29(22-20-18-16-14-12-10-8-6-4-2)32-24-23-31(36(33,34)35)27-30(32)26-28;/h2*23-27H,3-22H2,1-2H3,(H,33,34,35);/q;;+2/p-2. The number of benzene rings is 4. The summed E-state index contributed by atoms with van der Waals surface area (Å²) in [5, 5.41) is 3.98. The van der Waals surface area contributed by atoms with E-state index in [4.69, 9.17) is 0 Å². The summed E-state index contributed by atoms with van der Waals surface area (Å²) in [7, 11) is -8.88. The Morgan fingerprint density at radius 1 is 0.301 bits per heavy atom. The van der Waals surface area contributed by atoms with Crippen molar-refractivity contribution in [2.75, 3.05) is 0 Å². The van der Waals surface area contributed by atoms with Crippen molar-refractivity contribution in [2.24, 2.45) is 0 Å². The smallest absolute Gasteiger partial charge is 0.744 e. The van der Waals surface area contributed by atoms with Crippen LogP contribution >= 0.6 is 0 Å². The maximum atomic E-state index is 11.6. The van der Waals surface area contributed by atoms with Crippen LogP contribution in [0.15, 0.2) is 70.5 Å². The van der Waals surface area contributed by atoms with Gasteiger partial charge in [0.15, 0.2) is 0 Å². The van der Waals surface area contributed by atoms with E-state index in [2.05, 4.69) is 52.0 Å². The van der Waals surface area contributed by atoms with Gasteiger partial charge in [0.1, 0.15) is 20.2 Å². The molecule has 0 aliphatic carbocycles. The molecule has 0 radical (unpaired) electrons. The van der Waals surface area contributed by atoms with Gasteiger partial charge in [0, 0.05) is 0 Å². The summed E-state index contributed by atoms with van der Waals surface area (Å²) in [5.74, 6) is 0. The molecule has 9 heteroatoms. The number of aryl methyl sites for hydroxylation is 4. The number of fused-ring (bicyclic) bond motifs is 2. The van der Waals surface area contributed by atoms with Gasteiger partial charge in [-0.05, 0) is 119 Å². The van der Waals surface area contributed by atoms with Crippen molar-refractivity contribution in [3.05, 3.63) is 82.9 Å². The molecule has 0 aliphatic heterocycles. The van der Waals surface area contributed by atoms with Crippen LogP contribution in [0.1, 0.15) is 281 Å². The van der Waals surface area contributed by atoms with Gasteiger partial charge in [-0.25, -0.2) is 16.8 Å². The van der Waals surface area contributed by atoms with Gasteiger partial charge in [-0.1, -0.05) is 270 Å². The van der Waals surface area contributed by atoms with Gasteiger partial charge in [0.25, 0.3) is 0 Å². The first kappa shape index (κ1) is 67.9. The summed E-state index contributed by atoms with van der Waals surface area (Å²) in [6.45, 7) is 9.04. The molecule has 0 fully saturated rings. The number of hydrogen-bond donors (Lipinski definition) is 0. The van der Waals surface area contributed by atoms with Crippen LogP contribution in [0, 0.1) is 0 Å². The Morgan fingerprint density at radius 2 is 0.534 bits per heavy atom. The summed E-state index contributed by atoms with van der Waals surface area (Å²) in [6.07, 6.45) is 51.2. The minimum absolute atomic E-state index is 0. The maximum Gasteiger partial charge on any atom is 2.00 e. The third kappa shape index (κ3) is 30.5. The molecule has 408 valence electrons. The van der Waals surface area contributed by atoms with Gasteiger partial charge in [-0.3, -0.25) is 0 Å². The molecule has 4 aromatic rings. The second-order valence-electron chi connectivity index (χ2n) is 21.5. The van der Waals surface area contributed by atoms with E-state index in [-0.39, 0.29) is 58.7 Å². The minimum atomic E-state index is -4.44. The topological polar surface area (TPSA) is 114 Å². The Balaban J connectivity index is 0.000000493. The minimum Gasteiger partial charge on any atom is -0.744 e. The molecule has 0 unspecified atom stereocenters. The molecule has 0 aromatic heterocycles. The van der Waals surface area contributed by atoms with E-state index >= 15 is 0 Å². The van der Waals surface area contributed by atoms with Crippen LogP contribution in [0.3, 0.4) is 0 Å². The molecule has 0 atom stereocenters. The summed E-state index contributed by atoms with van der Waals surface area (Å²) >= 11 is 0.